The van der Waals surface area contributed by atoms with Gasteiger partial charge in [-0.3, -0.25) is 24.1 Å². The first-order chi connectivity index (χ1) is 12.8. The molecule has 7 nitrogen and oxygen atoms in total. The molecule has 0 saturated carbocycles. The Morgan fingerprint density at radius 1 is 1.04 bits per heavy atom. The van der Waals surface area contributed by atoms with Crippen LogP contribution in [-0.4, -0.2) is 48.2 Å². The lowest BCUT2D eigenvalue weighted by Crippen LogP contribution is -2.34. The summed E-state index contributed by atoms with van der Waals surface area (Å²) >= 11 is 0. The number of amides is 4. The Morgan fingerprint density at radius 3 is 2.37 bits per heavy atom. The zero-order valence-electron chi connectivity index (χ0n) is 16.1. The van der Waals surface area contributed by atoms with Crippen molar-refractivity contribution in [1.82, 2.24) is 15.5 Å². The molecule has 0 aromatic heterocycles. The molecule has 1 heterocycles. The minimum absolute atomic E-state index is 0.0296. The number of hydrogen-bond donors (Lipinski definition) is 2. The summed E-state index contributed by atoms with van der Waals surface area (Å²) in [6.07, 6.45) is 2.28. The van der Waals surface area contributed by atoms with Crippen LogP contribution in [0.4, 0.5) is 0 Å². The SMILES string of the molecule is CCCCC(=O)NCCNC(=O)c1ccc2c(c1)C(=O)N(CC(C)C)C2=O. The third-order valence-electron chi connectivity index (χ3n) is 4.27. The summed E-state index contributed by atoms with van der Waals surface area (Å²) < 4.78 is 0. The molecule has 0 atom stereocenters. The van der Waals surface area contributed by atoms with Gasteiger partial charge in [-0.2, -0.15) is 0 Å². The van der Waals surface area contributed by atoms with E-state index in [2.05, 4.69) is 10.6 Å². The fourth-order valence-electron chi connectivity index (χ4n) is 2.87. The van der Waals surface area contributed by atoms with Gasteiger partial charge in [-0.25, -0.2) is 0 Å². The van der Waals surface area contributed by atoms with Crippen molar-refractivity contribution in [2.75, 3.05) is 19.6 Å². The topological polar surface area (TPSA) is 95.6 Å². The summed E-state index contributed by atoms with van der Waals surface area (Å²) in [5, 5.41) is 5.45. The van der Waals surface area contributed by atoms with Crippen LogP contribution in [0.15, 0.2) is 18.2 Å². The number of nitrogens with one attached hydrogen (secondary N) is 2. The molecule has 1 aliphatic heterocycles. The number of fused-ring (bicyclic) bond motifs is 1. The quantitative estimate of drug-likeness (QED) is 0.511. The Morgan fingerprint density at radius 2 is 1.70 bits per heavy atom. The average molecular weight is 373 g/mol. The molecular formula is C20H27N3O4. The van der Waals surface area contributed by atoms with Crippen LogP contribution < -0.4 is 10.6 Å². The second-order valence-corrected chi connectivity index (χ2v) is 7.08. The van der Waals surface area contributed by atoms with Crippen molar-refractivity contribution in [1.29, 1.82) is 0 Å². The standard InChI is InChI=1S/C20H27N3O4/c1-4-5-6-17(24)21-9-10-22-18(25)14-7-8-15-16(11-14)20(27)23(19(15)26)12-13(2)3/h7-8,11,13H,4-6,9-10,12H2,1-3H3,(H,21,24)(H,22,25). The van der Waals surface area contributed by atoms with Crippen molar-refractivity contribution in [3.8, 4) is 0 Å². The lowest BCUT2D eigenvalue weighted by molar-refractivity contribution is -0.121. The lowest BCUT2D eigenvalue weighted by Gasteiger charge is -2.15. The highest BCUT2D eigenvalue weighted by Gasteiger charge is 2.36. The second-order valence-electron chi connectivity index (χ2n) is 7.08. The van der Waals surface area contributed by atoms with Crippen LogP contribution in [-0.2, 0) is 4.79 Å². The van der Waals surface area contributed by atoms with E-state index in [4.69, 9.17) is 0 Å². The van der Waals surface area contributed by atoms with Gasteiger partial charge in [-0.1, -0.05) is 27.2 Å². The molecule has 146 valence electrons. The van der Waals surface area contributed by atoms with Gasteiger partial charge in [0.15, 0.2) is 0 Å². The molecule has 1 aliphatic rings. The van der Waals surface area contributed by atoms with Crippen molar-refractivity contribution < 1.29 is 19.2 Å². The number of imide groups is 1. The Kier molecular flexibility index (Phi) is 7.10. The largest absolute Gasteiger partial charge is 0.354 e. The number of carbonyl (C=O) groups excluding carboxylic acids is 4. The van der Waals surface area contributed by atoms with Crippen molar-refractivity contribution in [3.05, 3.63) is 34.9 Å². The summed E-state index contributed by atoms with van der Waals surface area (Å²) in [7, 11) is 0. The molecule has 0 saturated heterocycles. The molecule has 0 spiro atoms. The predicted octanol–water partition coefficient (Wildman–Crippen LogP) is 1.97. The molecule has 0 bridgehead atoms. The van der Waals surface area contributed by atoms with E-state index in [1.807, 2.05) is 20.8 Å². The van der Waals surface area contributed by atoms with E-state index in [1.165, 1.54) is 23.1 Å². The Balaban J connectivity index is 1.93. The monoisotopic (exact) mass is 373 g/mol. The minimum Gasteiger partial charge on any atom is -0.354 e. The summed E-state index contributed by atoms with van der Waals surface area (Å²) in [5.41, 5.74) is 0.917. The molecule has 1 aromatic rings. The zero-order valence-corrected chi connectivity index (χ0v) is 16.1. The minimum atomic E-state index is -0.360. The molecule has 0 radical (unpaired) electrons. The van der Waals surface area contributed by atoms with Gasteiger partial charge in [0.05, 0.1) is 11.1 Å². The molecule has 7 heteroatoms. The van der Waals surface area contributed by atoms with Crippen LogP contribution in [0.25, 0.3) is 0 Å². The first kappa shape index (κ1) is 20.6. The van der Waals surface area contributed by atoms with Crippen LogP contribution in [0.2, 0.25) is 0 Å². The first-order valence-electron chi connectivity index (χ1n) is 9.40. The molecular weight excluding hydrogens is 346 g/mol. The van der Waals surface area contributed by atoms with Crippen molar-refractivity contribution in [2.24, 2.45) is 5.92 Å². The molecule has 1 aromatic carbocycles. The van der Waals surface area contributed by atoms with Crippen LogP contribution in [0.3, 0.4) is 0 Å². The van der Waals surface area contributed by atoms with E-state index in [1.54, 1.807) is 0 Å². The molecule has 27 heavy (non-hydrogen) atoms. The van der Waals surface area contributed by atoms with Gasteiger partial charge in [0.1, 0.15) is 0 Å². The maximum atomic E-state index is 12.5. The van der Waals surface area contributed by atoms with E-state index >= 15 is 0 Å². The van der Waals surface area contributed by atoms with Crippen molar-refractivity contribution >= 4 is 23.6 Å². The lowest BCUT2D eigenvalue weighted by atomic mass is 10.1. The van der Waals surface area contributed by atoms with Crippen LogP contribution in [0.5, 0.6) is 0 Å². The fourth-order valence-corrected chi connectivity index (χ4v) is 2.87. The number of carbonyl (C=O) groups is 4. The van der Waals surface area contributed by atoms with Crippen LogP contribution >= 0.6 is 0 Å². The molecule has 0 unspecified atom stereocenters. The van der Waals surface area contributed by atoms with Crippen LogP contribution in [0, 0.1) is 5.92 Å². The molecule has 0 fully saturated rings. The predicted molar refractivity (Wildman–Crippen MR) is 102 cm³/mol. The van der Waals surface area contributed by atoms with Gasteiger partial charge in [-0.15, -0.1) is 0 Å². The number of unbranched alkanes of at least 4 members (excludes halogenated alkanes) is 1. The van der Waals surface area contributed by atoms with Gasteiger partial charge >= 0.3 is 0 Å². The van der Waals surface area contributed by atoms with Crippen molar-refractivity contribution in [2.45, 2.75) is 40.0 Å². The molecule has 0 aliphatic carbocycles. The zero-order chi connectivity index (χ0) is 20.0. The van der Waals surface area contributed by atoms with Gasteiger partial charge in [0, 0.05) is 31.6 Å². The van der Waals surface area contributed by atoms with E-state index < -0.39 is 0 Å². The third kappa shape index (κ3) is 5.15. The summed E-state index contributed by atoms with van der Waals surface area (Å²) in [4.78, 5) is 49.8. The first-order valence-corrected chi connectivity index (χ1v) is 9.40. The maximum absolute atomic E-state index is 12.5. The number of benzene rings is 1. The second kappa shape index (κ2) is 9.30. The maximum Gasteiger partial charge on any atom is 0.261 e. The number of hydrogen-bond acceptors (Lipinski definition) is 4. The average Bonchev–Trinajstić information content (AvgIpc) is 2.87. The Bertz CT molecular complexity index is 743. The molecule has 2 rings (SSSR count). The van der Waals surface area contributed by atoms with Gasteiger partial charge < -0.3 is 10.6 Å². The summed E-state index contributed by atoms with van der Waals surface area (Å²) in [6, 6.07) is 4.53. The highest BCUT2D eigenvalue weighted by atomic mass is 16.2. The number of nitrogens with zero attached hydrogens (tertiary/aromatic N) is 1. The van der Waals surface area contributed by atoms with Crippen molar-refractivity contribution in [3.63, 3.8) is 0 Å². The Labute approximate surface area is 159 Å². The summed E-state index contributed by atoms with van der Waals surface area (Å²) in [6.45, 7) is 6.88. The Hall–Kier alpha value is -2.70. The third-order valence-corrected chi connectivity index (χ3v) is 4.27. The van der Waals surface area contributed by atoms with E-state index in [-0.39, 0.29) is 35.1 Å². The normalized spacial score (nSPS) is 13.1. The molecule has 2 N–H and O–H groups in total. The van der Waals surface area contributed by atoms with E-state index in [0.29, 0.717) is 37.2 Å². The van der Waals surface area contributed by atoms with E-state index in [0.717, 1.165) is 12.8 Å². The van der Waals surface area contributed by atoms with Gasteiger partial charge in [0.2, 0.25) is 5.91 Å². The molecule has 4 amide bonds. The van der Waals surface area contributed by atoms with Gasteiger partial charge in [0.25, 0.3) is 17.7 Å². The fraction of sp³-hybridized carbons (Fsp3) is 0.500. The number of rotatable bonds is 9. The smallest absolute Gasteiger partial charge is 0.261 e. The van der Waals surface area contributed by atoms with E-state index in [9.17, 15) is 19.2 Å². The highest BCUT2D eigenvalue weighted by molar-refractivity contribution is 6.22. The van der Waals surface area contributed by atoms with Crippen LogP contribution in [0.1, 0.15) is 71.1 Å². The van der Waals surface area contributed by atoms with Gasteiger partial charge in [-0.05, 0) is 30.5 Å². The highest BCUT2D eigenvalue weighted by Crippen LogP contribution is 2.24. The summed E-state index contributed by atoms with van der Waals surface area (Å²) in [5.74, 6) is -0.879.